The molecule has 3 nitrogen and oxygen atoms in total. The first-order valence-corrected chi connectivity index (χ1v) is 6.08. The number of para-hydroxylation sites is 1. The summed E-state index contributed by atoms with van der Waals surface area (Å²) in [5.74, 6) is 0.275. The molecule has 0 aliphatic rings. The van der Waals surface area contributed by atoms with E-state index in [0.717, 1.165) is 13.5 Å². The lowest BCUT2D eigenvalue weighted by atomic mass is 10.3. The van der Waals surface area contributed by atoms with Crippen molar-refractivity contribution in [3.8, 4) is 5.75 Å². The highest BCUT2D eigenvalue weighted by molar-refractivity contribution is 14.1. The Hall–Kier alpha value is -0.820. The third-order valence-corrected chi connectivity index (χ3v) is 3.94. The molecule has 2 rings (SSSR count). The van der Waals surface area contributed by atoms with E-state index in [4.69, 9.17) is 0 Å². The first-order valence-electron chi connectivity index (χ1n) is 4.19. The van der Waals surface area contributed by atoms with Crippen LogP contribution in [-0.2, 0) is 0 Å². The maximum absolute atomic E-state index is 9.60. The van der Waals surface area contributed by atoms with Crippen LogP contribution in [0.3, 0.4) is 0 Å². The van der Waals surface area contributed by atoms with Crippen molar-refractivity contribution >= 4 is 34.4 Å². The van der Waals surface area contributed by atoms with E-state index >= 15 is 0 Å². The van der Waals surface area contributed by atoms with Crippen LogP contribution in [0.5, 0.6) is 5.75 Å². The van der Waals surface area contributed by atoms with Crippen LogP contribution in [0.25, 0.3) is 0 Å². The van der Waals surface area contributed by atoms with E-state index in [1.807, 2.05) is 12.1 Å². The van der Waals surface area contributed by atoms with E-state index in [-0.39, 0.29) is 5.75 Å². The van der Waals surface area contributed by atoms with Crippen LogP contribution < -0.4 is 0 Å². The molecule has 0 bridgehead atoms. The molecule has 0 unspecified atom stereocenters. The number of hydrogen-bond acceptors (Lipinski definition) is 4. The molecule has 0 atom stereocenters. The van der Waals surface area contributed by atoms with Crippen LogP contribution in [0.2, 0.25) is 0 Å². The van der Waals surface area contributed by atoms with Gasteiger partial charge in [-0.05, 0) is 34.7 Å². The second kappa shape index (κ2) is 4.80. The number of hydrogen-bond donors (Lipinski definition) is 1. The number of phenolic OH excluding ortho intramolecular Hbond substituents is 1. The molecule has 0 saturated carbocycles. The van der Waals surface area contributed by atoms with Crippen molar-refractivity contribution in [2.24, 2.45) is 0 Å². The predicted molar refractivity (Wildman–Crippen MR) is 67.0 cm³/mol. The molecule has 76 valence electrons. The van der Waals surface area contributed by atoms with Crippen molar-refractivity contribution in [3.05, 3.63) is 40.4 Å². The molecule has 0 radical (unpaired) electrons. The molecule has 1 heterocycles. The minimum absolute atomic E-state index is 0.275. The summed E-state index contributed by atoms with van der Waals surface area (Å²) in [6, 6.07) is 7.20. The smallest absolute Gasteiger partial charge is 0.129 e. The van der Waals surface area contributed by atoms with Gasteiger partial charge in [0.15, 0.2) is 0 Å². The third kappa shape index (κ3) is 2.60. The van der Waals surface area contributed by atoms with E-state index < -0.39 is 0 Å². The van der Waals surface area contributed by atoms with E-state index in [9.17, 15) is 5.11 Å². The molecule has 0 amide bonds. The first-order chi connectivity index (χ1) is 7.27. The van der Waals surface area contributed by atoms with Gasteiger partial charge in [0.1, 0.15) is 17.1 Å². The zero-order valence-electron chi connectivity index (χ0n) is 7.59. The molecule has 0 aliphatic heterocycles. The molecule has 5 heteroatoms. The molecule has 0 saturated heterocycles. The van der Waals surface area contributed by atoms with Crippen LogP contribution in [0.15, 0.2) is 46.7 Å². The fourth-order valence-electron chi connectivity index (χ4n) is 1.02. The topological polar surface area (TPSA) is 46.0 Å². The molecular weight excluding hydrogens is 323 g/mol. The Morgan fingerprint density at radius 2 is 2.07 bits per heavy atom. The quantitative estimate of drug-likeness (QED) is 0.679. The highest BCUT2D eigenvalue weighted by atomic mass is 127. The van der Waals surface area contributed by atoms with Gasteiger partial charge in [0.25, 0.3) is 0 Å². The second-order valence-corrected chi connectivity index (χ2v) is 4.94. The van der Waals surface area contributed by atoms with Crippen molar-refractivity contribution in [3.63, 3.8) is 0 Å². The van der Waals surface area contributed by atoms with E-state index in [0.29, 0.717) is 0 Å². The zero-order valence-corrected chi connectivity index (χ0v) is 10.6. The first kappa shape index (κ1) is 10.7. The highest BCUT2D eigenvalue weighted by Crippen LogP contribution is 2.34. The molecule has 0 fully saturated rings. The van der Waals surface area contributed by atoms with Gasteiger partial charge in [-0.2, -0.15) is 0 Å². The monoisotopic (exact) mass is 330 g/mol. The second-order valence-electron chi connectivity index (χ2n) is 2.75. The molecule has 1 aromatic heterocycles. The number of aromatic nitrogens is 2. The predicted octanol–water partition coefficient (Wildman–Crippen LogP) is 2.94. The van der Waals surface area contributed by atoms with Gasteiger partial charge in [-0.1, -0.05) is 23.9 Å². The number of benzene rings is 1. The molecule has 1 N–H and O–H groups in total. The van der Waals surface area contributed by atoms with Crippen LogP contribution >= 0.6 is 34.4 Å². The third-order valence-electron chi connectivity index (χ3n) is 1.71. The lowest BCUT2D eigenvalue weighted by Gasteiger charge is -2.03. The van der Waals surface area contributed by atoms with E-state index in [1.165, 1.54) is 18.1 Å². The average molecular weight is 330 g/mol. The fourth-order valence-corrected chi connectivity index (χ4v) is 2.43. The number of halogens is 1. The average Bonchev–Trinajstić information content (AvgIpc) is 2.24. The summed E-state index contributed by atoms with van der Waals surface area (Å²) in [6.07, 6.45) is 3.25. The molecular formula is C10H7IN2OS. The minimum atomic E-state index is 0.275. The van der Waals surface area contributed by atoms with E-state index in [1.54, 1.807) is 18.3 Å². The van der Waals surface area contributed by atoms with Crippen molar-refractivity contribution < 1.29 is 5.11 Å². The summed E-state index contributed by atoms with van der Waals surface area (Å²) in [6.45, 7) is 0. The Balaban J connectivity index is 2.30. The molecule has 0 spiro atoms. The summed E-state index contributed by atoms with van der Waals surface area (Å²) in [5.41, 5.74) is 0. The zero-order chi connectivity index (χ0) is 10.7. The Bertz CT molecular complexity index is 435. The van der Waals surface area contributed by atoms with Gasteiger partial charge in [0, 0.05) is 6.20 Å². The standard InChI is InChI=1S/C10H7IN2OS/c11-7-5-12-6-13-10(7)15-9-4-2-1-3-8(9)14/h1-6,14H. The van der Waals surface area contributed by atoms with Gasteiger partial charge in [0.2, 0.25) is 0 Å². The lowest BCUT2D eigenvalue weighted by Crippen LogP contribution is -1.86. The van der Waals surface area contributed by atoms with Gasteiger partial charge < -0.3 is 5.11 Å². The summed E-state index contributed by atoms with van der Waals surface area (Å²) < 4.78 is 0.975. The van der Waals surface area contributed by atoms with Crippen LogP contribution in [-0.4, -0.2) is 15.1 Å². The van der Waals surface area contributed by atoms with Crippen molar-refractivity contribution in [1.82, 2.24) is 9.97 Å². The Morgan fingerprint density at radius 1 is 1.27 bits per heavy atom. The largest absolute Gasteiger partial charge is 0.507 e. The van der Waals surface area contributed by atoms with Crippen molar-refractivity contribution in [1.29, 1.82) is 0 Å². The Labute approximate surface area is 105 Å². The number of nitrogens with zero attached hydrogens (tertiary/aromatic N) is 2. The van der Waals surface area contributed by atoms with Gasteiger partial charge >= 0.3 is 0 Å². The van der Waals surface area contributed by atoms with Gasteiger partial charge in [0.05, 0.1) is 8.47 Å². The molecule has 2 aromatic rings. The number of phenols is 1. The van der Waals surface area contributed by atoms with Crippen LogP contribution in [0, 0.1) is 3.57 Å². The van der Waals surface area contributed by atoms with Crippen LogP contribution in [0.1, 0.15) is 0 Å². The lowest BCUT2D eigenvalue weighted by molar-refractivity contribution is 0.462. The van der Waals surface area contributed by atoms with Crippen molar-refractivity contribution in [2.45, 2.75) is 9.92 Å². The molecule has 0 aliphatic carbocycles. The molecule has 1 aromatic carbocycles. The Kier molecular flexibility index (Phi) is 3.42. The van der Waals surface area contributed by atoms with Gasteiger partial charge in [-0.25, -0.2) is 9.97 Å². The summed E-state index contributed by atoms with van der Waals surface area (Å²) >= 11 is 3.60. The number of rotatable bonds is 2. The van der Waals surface area contributed by atoms with Gasteiger partial charge in [-0.3, -0.25) is 0 Å². The maximum atomic E-state index is 9.60. The fraction of sp³-hybridized carbons (Fsp3) is 0. The highest BCUT2D eigenvalue weighted by Gasteiger charge is 2.06. The van der Waals surface area contributed by atoms with Crippen molar-refractivity contribution in [2.75, 3.05) is 0 Å². The minimum Gasteiger partial charge on any atom is -0.507 e. The summed E-state index contributed by atoms with van der Waals surface area (Å²) in [7, 11) is 0. The maximum Gasteiger partial charge on any atom is 0.129 e. The van der Waals surface area contributed by atoms with Crippen LogP contribution in [0.4, 0.5) is 0 Å². The molecule has 15 heavy (non-hydrogen) atoms. The van der Waals surface area contributed by atoms with E-state index in [2.05, 4.69) is 32.6 Å². The summed E-state index contributed by atoms with van der Waals surface area (Å²) in [4.78, 5) is 8.86. The Morgan fingerprint density at radius 3 is 2.80 bits per heavy atom. The summed E-state index contributed by atoms with van der Waals surface area (Å²) in [5, 5.41) is 10.4. The normalized spacial score (nSPS) is 10.2. The van der Waals surface area contributed by atoms with Gasteiger partial charge in [-0.15, -0.1) is 0 Å². The SMILES string of the molecule is Oc1ccccc1Sc1ncncc1I. The number of aromatic hydroxyl groups is 1.